The van der Waals surface area contributed by atoms with Crippen molar-refractivity contribution in [1.29, 1.82) is 5.41 Å². The third kappa shape index (κ3) is 4.92. The van der Waals surface area contributed by atoms with Crippen molar-refractivity contribution in [2.24, 2.45) is 0 Å². The fraction of sp³-hybridized carbons (Fsp3) is 0.154. The van der Waals surface area contributed by atoms with Crippen molar-refractivity contribution < 1.29 is 4.79 Å². The van der Waals surface area contributed by atoms with Crippen LogP contribution in [0.3, 0.4) is 0 Å². The molecule has 1 aromatic heterocycles. The summed E-state index contributed by atoms with van der Waals surface area (Å²) < 4.78 is 0. The van der Waals surface area contributed by atoms with E-state index >= 15 is 0 Å². The Morgan fingerprint density at radius 3 is 2.38 bits per heavy atom. The van der Waals surface area contributed by atoms with Crippen molar-refractivity contribution in [3.8, 4) is 0 Å². The molecule has 3 N–H and O–H groups in total. The van der Waals surface area contributed by atoms with E-state index < -0.39 is 6.03 Å². The smallest absolute Gasteiger partial charge is 0.321 e. The molecule has 128 valence electrons. The summed E-state index contributed by atoms with van der Waals surface area (Å²) in [5.74, 6) is 0.166. The summed E-state index contributed by atoms with van der Waals surface area (Å²) in [5.41, 5.74) is 0.373. The Hall–Kier alpha value is -2.16. The SMILES string of the molecule is CNC(=O)NC(=N)N(Cc1ncncn1)c1c(Cl)cccc1Cl.Cl. The molecule has 0 radical (unpaired) electrons. The van der Waals surface area contributed by atoms with Gasteiger partial charge in [0.2, 0.25) is 5.96 Å². The fourth-order valence-electron chi connectivity index (χ4n) is 1.74. The number of hydrogen-bond acceptors (Lipinski definition) is 5. The molecule has 0 saturated heterocycles. The number of guanidine groups is 1. The van der Waals surface area contributed by atoms with Crippen LogP contribution in [-0.4, -0.2) is 34.0 Å². The van der Waals surface area contributed by atoms with Crippen molar-refractivity contribution in [3.05, 3.63) is 46.7 Å². The van der Waals surface area contributed by atoms with Gasteiger partial charge in [0, 0.05) is 7.05 Å². The van der Waals surface area contributed by atoms with Crippen LogP contribution in [0.15, 0.2) is 30.9 Å². The molecule has 24 heavy (non-hydrogen) atoms. The lowest BCUT2D eigenvalue weighted by Crippen LogP contribution is -2.46. The van der Waals surface area contributed by atoms with Crippen LogP contribution >= 0.6 is 35.6 Å². The predicted molar refractivity (Wildman–Crippen MR) is 95.0 cm³/mol. The second-order valence-electron chi connectivity index (χ2n) is 4.26. The van der Waals surface area contributed by atoms with E-state index in [-0.39, 0.29) is 24.9 Å². The highest BCUT2D eigenvalue weighted by molar-refractivity contribution is 6.40. The quantitative estimate of drug-likeness (QED) is 0.551. The van der Waals surface area contributed by atoms with Gasteiger partial charge in [-0.25, -0.2) is 19.7 Å². The van der Waals surface area contributed by atoms with Crippen LogP contribution < -0.4 is 15.5 Å². The standard InChI is InChI=1S/C13H13Cl2N7O.ClH/c1-17-13(23)21-12(16)22(5-10-19-6-18-7-20-10)11-8(14)3-2-4-9(11)15;/h2-4,6-7H,5H2,1H3,(H3,16,17,21,23);1H. The zero-order chi connectivity index (χ0) is 16.8. The molecule has 2 rings (SSSR count). The number of urea groups is 1. The molecule has 0 spiro atoms. The minimum atomic E-state index is -0.543. The third-order valence-electron chi connectivity index (χ3n) is 2.78. The van der Waals surface area contributed by atoms with Gasteiger partial charge in [-0.15, -0.1) is 12.4 Å². The van der Waals surface area contributed by atoms with E-state index in [1.807, 2.05) is 0 Å². The minimum Gasteiger partial charge on any atom is -0.341 e. The van der Waals surface area contributed by atoms with E-state index in [9.17, 15) is 4.79 Å². The summed E-state index contributed by atoms with van der Waals surface area (Å²) in [4.78, 5) is 24.6. The first-order valence-electron chi connectivity index (χ1n) is 6.42. The van der Waals surface area contributed by atoms with Gasteiger partial charge >= 0.3 is 6.03 Å². The Bertz CT molecular complexity index is 694. The predicted octanol–water partition coefficient (Wildman–Crippen LogP) is 2.47. The maximum Gasteiger partial charge on any atom is 0.321 e. The number of aromatic nitrogens is 3. The molecule has 8 nitrogen and oxygen atoms in total. The van der Waals surface area contributed by atoms with E-state index in [1.54, 1.807) is 18.2 Å². The lowest BCUT2D eigenvalue weighted by Gasteiger charge is -2.26. The van der Waals surface area contributed by atoms with Gasteiger partial charge in [0.25, 0.3) is 0 Å². The molecule has 2 amide bonds. The third-order valence-corrected chi connectivity index (χ3v) is 3.39. The number of hydrogen-bond donors (Lipinski definition) is 3. The molecule has 0 aliphatic rings. The number of nitrogens with one attached hydrogen (secondary N) is 3. The van der Waals surface area contributed by atoms with Gasteiger partial charge in [0.15, 0.2) is 5.82 Å². The Labute approximate surface area is 154 Å². The van der Waals surface area contributed by atoms with Crippen LogP contribution in [0.25, 0.3) is 0 Å². The highest BCUT2D eigenvalue weighted by Gasteiger charge is 2.21. The van der Waals surface area contributed by atoms with Gasteiger partial charge < -0.3 is 10.2 Å². The maximum absolute atomic E-state index is 11.5. The Kier molecular flexibility index (Phi) is 7.63. The molecule has 2 aromatic rings. The van der Waals surface area contributed by atoms with Crippen molar-refractivity contribution in [2.75, 3.05) is 11.9 Å². The molecule has 0 atom stereocenters. The van der Waals surface area contributed by atoms with Crippen LogP contribution in [0.2, 0.25) is 10.0 Å². The Morgan fingerprint density at radius 2 is 1.83 bits per heavy atom. The summed E-state index contributed by atoms with van der Waals surface area (Å²) in [6.07, 6.45) is 2.68. The number of benzene rings is 1. The lowest BCUT2D eigenvalue weighted by molar-refractivity contribution is 0.247. The molecular formula is C13H14Cl3N7O. The molecule has 1 heterocycles. The summed E-state index contributed by atoms with van der Waals surface area (Å²) in [5, 5.41) is 13.5. The van der Waals surface area contributed by atoms with Gasteiger partial charge in [0.05, 0.1) is 22.3 Å². The number of carbonyl (C=O) groups excluding carboxylic acids is 1. The van der Waals surface area contributed by atoms with Gasteiger partial charge in [0.1, 0.15) is 12.7 Å². The van der Waals surface area contributed by atoms with Crippen LogP contribution in [0.5, 0.6) is 0 Å². The molecule has 0 aliphatic carbocycles. The molecule has 1 aromatic carbocycles. The van der Waals surface area contributed by atoms with E-state index in [2.05, 4.69) is 25.6 Å². The zero-order valence-corrected chi connectivity index (χ0v) is 14.8. The molecule has 0 saturated carbocycles. The first-order chi connectivity index (χ1) is 11.0. The first kappa shape index (κ1) is 19.9. The Morgan fingerprint density at radius 1 is 1.25 bits per heavy atom. The monoisotopic (exact) mass is 389 g/mol. The molecule has 0 fully saturated rings. The number of para-hydroxylation sites is 1. The van der Waals surface area contributed by atoms with Gasteiger partial charge in [-0.3, -0.25) is 10.7 Å². The second-order valence-corrected chi connectivity index (χ2v) is 5.08. The maximum atomic E-state index is 11.5. The van der Waals surface area contributed by atoms with Crippen LogP contribution in [0.1, 0.15) is 5.82 Å². The highest BCUT2D eigenvalue weighted by atomic mass is 35.5. The van der Waals surface area contributed by atoms with Crippen molar-refractivity contribution >= 4 is 53.3 Å². The molecule has 0 bridgehead atoms. The number of halogens is 3. The van der Waals surface area contributed by atoms with Gasteiger partial charge in [-0.1, -0.05) is 29.3 Å². The molecular weight excluding hydrogens is 377 g/mol. The van der Waals surface area contributed by atoms with Gasteiger partial charge in [-0.2, -0.15) is 0 Å². The Balaban J connectivity index is 0.00000288. The summed E-state index contributed by atoms with van der Waals surface area (Å²) in [6, 6.07) is 4.41. The minimum absolute atomic E-state index is 0. The molecule has 11 heteroatoms. The first-order valence-corrected chi connectivity index (χ1v) is 7.18. The van der Waals surface area contributed by atoms with Crippen LogP contribution in [0.4, 0.5) is 10.5 Å². The number of amides is 2. The summed E-state index contributed by atoms with van der Waals surface area (Å²) in [6.45, 7) is 0.0782. The van der Waals surface area contributed by atoms with Crippen LogP contribution in [0, 0.1) is 5.41 Å². The zero-order valence-electron chi connectivity index (χ0n) is 12.5. The van der Waals surface area contributed by atoms with Crippen molar-refractivity contribution in [1.82, 2.24) is 25.6 Å². The largest absolute Gasteiger partial charge is 0.341 e. The number of anilines is 1. The van der Waals surface area contributed by atoms with Crippen molar-refractivity contribution in [2.45, 2.75) is 6.54 Å². The summed E-state index contributed by atoms with van der Waals surface area (Å²) in [7, 11) is 1.45. The molecule has 0 unspecified atom stereocenters. The number of nitrogens with zero attached hydrogens (tertiary/aromatic N) is 4. The van der Waals surface area contributed by atoms with E-state index in [0.29, 0.717) is 21.6 Å². The normalized spacial score (nSPS) is 9.62. The van der Waals surface area contributed by atoms with E-state index in [4.69, 9.17) is 28.6 Å². The second kappa shape index (κ2) is 9.21. The van der Waals surface area contributed by atoms with Crippen molar-refractivity contribution in [3.63, 3.8) is 0 Å². The van der Waals surface area contributed by atoms with E-state index in [0.717, 1.165) is 0 Å². The molecule has 0 aliphatic heterocycles. The average molecular weight is 391 g/mol. The highest BCUT2D eigenvalue weighted by Crippen LogP contribution is 2.34. The van der Waals surface area contributed by atoms with Crippen LogP contribution in [-0.2, 0) is 6.54 Å². The number of rotatable bonds is 3. The topological polar surface area (TPSA) is 107 Å². The van der Waals surface area contributed by atoms with Gasteiger partial charge in [-0.05, 0) is 12.1 Å². The fourth-order valence-corrected chi connectivity index (χ4v) is 2.34. The number of carbonyl (C=O) groups is 1. The summed E-state index contributed by atoms with van der Waals surface area (Å²) >= 11 is 12.4. The van der Waals surface area contributed by atoms with E-state index in [1.165, 1.54) is 24.6 Å². The average Bonchev–Trinajstić information content (AvgIpc) is 2.54. The lowest BCUT2D eigenvalue weighted by atomic mass is 10.3.